The second-order valence-electron chi connectivity index (χ2n) is 5.58. The number of fused-ring (bicyclic) bond motifs is 1. The lowest BCUT2D eigenvalue weighted by molar-refractivity contribution is 0.413. The number of hydrogen-bond donors (Lipinski definition) is 0. The molecule has 1 atom stereocenters. The minimum absolute atomic E-state index is 0.357. The summed E-state index contributed by atoms with van der Waals surface area (Å²) in [6, 6.07) is 7.98. The number of piperidine rings is 1. The van der Waals surface area contributed by atoms with E-state index in [2.05, 4.69) is 20.2 Å². The van der Waals surface area contributed by atoms with E-state index < -0.39 is 0 Å². The zero-order valence-electron chi connectivity index (χ0n) is 12.0. The molecule has 0 saturated carbocycles. The Balaban J connectivity index is 1.60. The summed E-state index contributed by atoms with van der Waals surface area (Å²) in [6.07, 6.45) is 2.29. The molecule has 4 rings (SSSR count). The zero-order chi connectivity index (χ0) is 14.2. The summed E-state index contributed by atoms with van der Waals surface area (Å²) in [5.41, 5.74) is 2.93. The van der Waals surface area contributed by atoms with E-state index in [-0.39, 0.29) is 0 Å². The predicted molar refractivity (Wildman–Crippen MR) is 85.0 cm³/mol. The summed E-state index contributed by atoms with van der Waals surface area (Å²) in [4.78, 5) is 11.6. The van der Waals surface area contributed by atoms with Crippen LogP contribution in [-0.4, -0.2) is 23.1 Å². The number of para-hydroxylation sites is 2. The van der Waals surface area contributed by atoms with Gasteiger partial charge in [0.25, 0.3) is 0 Å². The van der Waals surface area contributed by atoms with Gasteiger partial charge < -0.3 is 9.32 Å². The normalized spacial score (nSPS) is 19.3. The maximum absolute atomic E-state index is 5.94. The Hall–Kier alpha value is -1.88. The maximum atomic E-state index is 5.94. The Labute approximate surface area is 127 Å². The van der Waals surface area contributed by atoms with Crippen LogP contribution < -0.4 is 4.90 Å². The van der Waals surface area contributed by atoms with Gasteiger partial charge in [-0.2, -0.15) is 0 Å². The predicted octanol–water partition coefficient (Wildman–Crippen LogP) is 3.98. The van der Waals surface area contributed by atoms with Gasteiger partial charge in [-0.3, -0.25) is 0 Å². The van der Waals surface area contributed by atoms with Gasteiger partial charge in [0.2, 0.25) is 0 Å². The first-order valence-electron chi connectivity index (χ1n) is 7.32. The lowest BCUT2D eigenvalue weighted by Crippen LogP contribution is -2.34. The molecular formula is C16H17N3OS. The van der Waals surface area contributed by atoms with Gasteiger partial charge in [0.15, 0.2) is 16.6 Å². The standard InChI is InChI=1S/C16H17N3OS/c1-11-10-21-16(17-11)19-8-4-5-12(9-19)15-18-13-6-2-3-7-14(13)20-15/h2-3,6-7,10,12H,4-5,8-9H2,1H3/t12-/m1/s1. The van der Waals surface area contributed by atoms with Crippen molar-refractivity contribution in [1.82, 2.24) is 9.97 Å². The van der Waals surface area contributed by atoms with Crippen LogP contribution in [-0.2, 0) is 0 Å². The summed E-state index contributed by atoms with van der Waals surface area (Å²) >= 11 is 1.72. The lowest BCUT2D eigenvalue weighted by Gasteiger charge is -2.30. The van der Waals surface area contributed by atoms with E-state index in [4.69, 9.17) is 4.42 Å². The fourth-order valence-electron chi connectivity index (χ4n) is 2.90. The van der Waals surface area contributed by atoms with E-state index in [0.717, 1.165) is 53.7 Å². The molecule has 2 aromatic heterocycles. The average molecular weight is 299 g/mol. The molecule has 21 heavy (non-hydrogen) atoms. The molecule has 0 unspecified atom stereocenters. The minimum atomic E-state index is 0.357. The Kier molecular flexibility index (Phi) is 3.15. The minimum Gasteiger partial charge on any atom is -0.440 e. The van der Waals surface area contributed by atoms with Crippen LogP contribution >= 0.6 is 11.3 Å². The molecule has 0 aliphatic carbocycles. The van der Waals surface area contributed by atoms with Gasteiger partial charge in [0.1, 0.15) is 5.52 Å². The van der Waals surface area contributed by atoms with Gasteiger partial charge in [0.05, 0.1) is 11.6 Å². The number of aromatic nitrogens is 2. The van der Waals surface area contributed by atoms with Crippen molar-refractivity contribution in [2.24, 2.45) is 0 Å². The zero-order valence-corrected chi connectivity index (χ0v) is 12.8. The average Bonchev–Trinajstić information content (AvgIpc) is 3.13. The molecule has 0 N–H and O–H groups in total. The Morgan fingerprint density at radius 3 is 3.00 bits per heavy atom. The number of oxazole rings is 1. The SMILES string of the molecule is Cc1csc(N2CCC[C@@H](c3nc4ccccc4o3)C2)n1. The molecule has 3 heterocycles. The third-order valence-electron chi connectivity index (χ3n) is 3.96. The Bertz CT molecular complexity index is 731. The van der Waals surface area contributed by atoms with Gasteiger partial charge in [-0.1, -0.05) is 12.1 Å². The van der Waals surface area contributed by atoms with Crippen LogP contribution in [0.3, 0.4) is 0 Å². The monoisotopic (exact) mass is 299 g/mol. The fourth-order valence-corrected chi connectivity index (χ4v) is 3.74. The number of anilines is 1. The number of nitrogens with zero attached hydrogens (tertiary/aromatic N) is 3. The van der Waals surface area contributed by atoms with Gasteiger partial charge in [-0.25, -0.2) is 9.97 Å². The quantitative estimate of drug-likeness (QED) is 0.718. The van der Waals surface area contributed by atoms with Crippen molar-refractivity contribution in [2.75, 3.05) is 18.0 Å². The molecule has 1 aromatic carbocycles. The molecule has 3 aromatic rings. The second kappa shape index (κ2) is 5.15. The molecule has 5 heteroatoms. The second-order valence-corrected chi connectivity index (χ2v) is 6.41. The molecule has 1 aliphatic rings. The van der Waals surface area contributed by atoms with E-state index in [1.165, 1.54) is 0 Å². The van der Waals surface area contributed by atoms with Crippen LogP contribution in [0.25, 0.3) is 11.1 Å². The molecule has 1 saturated heterocycles. The maximum Gasteiger partial charge on any atom is 0.200 e. The van der Waals surface area contributed by atoms with E-state index in [1.807, 2.05) is 31.2 Å². The number of thiazole rings is 1. The van der Waals surface area contributed by atoms with Crippen LogP contribution in [0, 0.1) is 6.92 Å². The van der Waals surface area contributed by atoms with Crippen LogP contribution in [0.2, 0.25) is 0 Å². The first kappa shape index (κ1) is 12.8. The van der Waals surface area contributed by atoms with E-state index in [9.17, 15) is 0 Å². The topological polar surface area (TPSA) is 42.2 Å². The molecule has 108 valence electrons. The summed E-state index contributed by atoms with van der Waals surface area (Å²) in [6.45, 7) is 4.06. The number of aryl methyl sites for hydroxylation is 1. The fraction of sp³-hybridized carbons (Fsp3) is 0.375. The molecule has 4 nitrogen and oxygen atoms in total. The highest BCUT2D eigenvalue weighted by Crippen LogP contribution is 2.32. The molecule has 1 aliphatic heterocycles. The van der Waals surface area contributed by atoms with Crippen LogP contribution in [0.4, 0.5) is 5.13 Å². The van der Waals surface area contributed by atoms with Gasteiger partial charge >= 0.3 is 0 Å². The van der Waals surface area contributed by atoms with E-state index in [0.29, 0.717) is 5.92 Å². The van der Waals surface area contributed by atoms with Crippen molar-refractivity contribution in [1.29, 1.82) is 0 Å². The molecule has 0 spiro atoms. The smallest absolute Gasteiger partial charge is 0.200 e. The van der Waals surface area contributed by atoms with Gasteiger partial charge in [0, 0.05) is 18.5 Å². The highest BCUT2D eigenvalue weighted by molar-refractivity contribution is 7.13. The van der Waals surface area contributed by atoms with Crippen molar-refractivity contribution in [3.8, 4) is 0 Å². The summed E-state index contributed by atoms with van der Waals surface area (Å²) in [5, 5.41) is 3.23. The van der Waals surface area contributed by atoms with E-state index >= 15 is 0 Å². The largest absolute Gasteiger partial charge is 0.440 e. The lowest BCUT2D eigenvalue weighted by atomic mass is 9.98. The van der Waals surface area contributed by atoms with Crippen LogP contribution in [0.1, 0.15) is 30.3 Å². The highest BCUT2D eigenvalue weighted by Gasteiger charge is 2.26. The summed E-state index contributed by atoms with van der Waals surface area (Å²) < 4.78 is 5.94. The molecule has 1 fully saturated rings. The number of benzene rings is 1. The van der Waals surface area contributed by atoms with Gasteiger partial charge in [-0.15, -0.1) is 11.3 Å². The van der Waals surface area contributed by atoms with Crippen molar-refractivity contribution < 1.29 is 4.42 Å². The van der Waals surface area contributed by atoms with Crippen molar-refractivity contribution in [3.63, 3.8) is 0 Å². The van der Waals surface area contributed by atoms with E-state index in [1.54, 1.807) is 11.3 Å². The number of hydrogen-bond acceptors (Lipinski definition) is 5. The highest BCUT2D eigenvalue weighted by atomic mass is 32.1. The Morgan fingerprint density at radius 2 is 2.19 bits per heavy atom. The summed E-state index contributed by atoms with van der Waals surface area (Å²) in [7, 11) is 0. The number of rotatable bonds is 2. The summed E-state index contributed by atoms with van der Waals surface area (Å²) in [5.74, 6) is 1.23. The first-order valence-corrected chi connectivity index (χ1v) is 8.20. The Morgan fingerprint density at radius 1 is 1.29 bits per heavy atom. The van der Waals surface area contributed by atoms with Crippen molar-refractivity contribution in [3.05, 3.63) is 41.2 Å². The molecular weight excluding hydrogens is 282 g/mol. The van der Waals surface area contributed by atoms with Crippen molar-refractivity contribution >= 4 is 27.6 Å². The third-order valence-corrected chi connectivity index (χ3v) is 4.98. The van der Waals surface area contributed by atoms with Crippen molar-refractivity contribution in [2.45, 2.75) is 25.7 Å². The van der Waals surface area contributed by atoms with Gasteiger partial charge in [-0.05, 0) is 31.9 Å². The third kappa shape index (κ3) is 2.42. The van der Waals surface area contributed by atoms with Crippen LogP contribution in [0.15, 0.2) is 34.1 Å². The van der Waals surface area contributed by atoms with Crippen LogP contribution in [0.5, 0.6) is 0 Å². The molecule has 0 bridgehead atoms. The first-order chi connectivity index (χ1) is 10.3. The molecule has 0 amide bonds. The molecule has 0 radical (unpaired) electrons.